The largest absolute Gasteiger partial charge is 0.508 e. The summed E-state index contributed by atoms with van der Waals surface area (Å²) in [6.45, 7) is 3.66. The van der Waals surface area contributed by atoms with E-state index < -0.39 is 5.91 Å². The smallest absolute Gasteiger partial charge is 0.275 e. The average molecular weight is 309 g/mol. The van der Waals surface area contributed by atoms with Crippen LogP contribution in [0.25, 0.3) is 17.2 Å². The van der Waals surface area contributed by atoms with Gasteiger partial charge in [-0.15, -0.1) is 0 Å². The number of aliphatic imine (C=N–C) groups is 1. The van der Waals surface area contributed by atoms with E-state index in [-0.39, 0.29) is 11.7 Å². The number of nitrogens with zero attached hydrogens (tertiary/aromatic N) is 1. The molecule has 1 amide bonds. The van der Waals surface area contributed by atoms with E-state index in [2.05, 4.69) is 4.99 Å². The van der Waals surface area contributed by atoms with Crippen molar-refractivity contribution in [2.75, 3.05) is 0 Å². The Hall–Kier alpha value is -3.08. The van der Waals surface area contributed by atoms with Crippen LogP contribution < -0.4 is 11.5 Å². The number of phenols is 1. The van der Waals surface area contributed by atoms with E-state index >= 15 is 0 Å². The Balaban J connectivity index is 2.49. The van der Waals surface area contributed by atoms with Crippen LogP contribution in [0.1, 0.15) is 18.1 Å². The van der Waals surface area contributed by atoms with Crippen molar-refractivity contribution in [1.29, 1.82) is 0 Å². The Morgan fingerprint density at radius 1 is 1.13 bits per heavy atom. The molecule has 0 aromatic heterocycles. The summed E-state index contributed by atoms with van der Waals surface area (Å²) < 4.78 is 0. The number of guanidine groups is 1. The second-order valence-electron chi connectivity index (χ2n) is 5.31. The molecule has 0 bridgehead atoms. The lowest BCUT2D eigenvalue weighted by Gasteiger charge is -2.09. The zero-order valence-corrected chi connectivity index (χ0v) is 13.1. The van der Waals surface area contributed by atoms with Crippen LogP contribution in [0.2, 0.25) is 0 Å². The van der Waals surface area contributed by atoms with Gasteiger partial charge in [0.1, 0.15) is 5.75 Å². The molecule has 2 aromatic rings. The van der Waals surface area contributed by atoms with E-state index in [1.807, 2.05) is 37.3 Å². The third-order valence-electron chi connectivity index (χ3n) is 3.33. The highest BCUT2D eigenvalue weighted by Crippen LogP contribution is 2.28. The number of aryl methyl sites for hydroxylation is 1. The minimum atomic E-state index is -0.470. The summed E-state index contributed by atoms with van der Waals surface area (Å²) in [7, 11) is 0. The molecule has 0 saturated heterocycles. The summed E-state index contributed by atoms with van der Waals surface area (Å²) in [6.07, 6.45) is 1.75. The molecule has 2 aromatic carbocycles. The lowest BCUT2D eigenvalue weighted by molar-refractivity contribution is -0.114. The molecular weight excluding hydrogens is 290 g/mol. The fourth-order valence-electron chi connectivity index (χ4n) is 2.19. The molecule has 0 fully saturated rings. The molecule has 5 nitrogen and oxygen atoms in total. The van der Waals surface area contributed by atoms with Crippen LogP contribution in [0.15, 0.2) is 53.0 Å². The molecule has 0 heterocycles. The van der Waals surface area contributed by atoms with Crippen LogP contribution in [0.4, 0.5) is 0 Å². The summed E-state index contributed by atoms with van der Waals surface area (Å²) in [6, 6.07) is 12.8. The first kappa shape index (κ1) is 16.3. The molecule has 0 unspecified atom stereocenters. The number of rotatable bonds is 3. The SMILES string of the molecule is CC(=Cc1ccc(C)cc1-c1ccc(O)cc1)C(=O)N=C(N)N. The summed E-state index contributed by atoms with van der Waals surface area (Å²) in [5.41, 5.74) is 14.8. The van der Waals surface area contributed by atoms with Gasteiger partial charge in [-0.05, 0) is 48.7 Å². The number of benzene rings is 2. The molecule has 0 aliphatic rings. The quantitative estimate of drug-likeness (QED) is 0.460. The normalized spacial score (nSPS) is 11.1. The number of phenolic OH excluding ortho intramolecular Hbond substituents is 1. The molecule has 2 rings (SSSR count). The number of aromatic hydroxyl groups is 1. The van der Waals surface area contributed by atoms with Gasteiger partial charge >= 0.3 is 0 Å². The fourth-order valence-corrected chi connectivity index (χ4v) is 2.19. The van der Waals surface area contributed by atoms with Crippen molar-refractivity contribution in [1.82, 2.24) is 0 Å². The molecule has 0 spiro atoms. The first-order chi connectivity index (χ1) is 10.9. The van der Waals surface area contributed by atoms with Gasteiger partial charge in [0.15, 0.2) is 5.96 Å². The summed E-state index contributed by atoms with van der Waals surface area (Å²) in [5.74, 6) is -0.523. The zero-order valence-electron chi connectivity index (χ0n) is 13.1. The summed E-state index contributed by atoms with van der Waals surface area (Å²) in [5, 5.41) is 9.43. The molecule has 5 heteroatoms. The van der Waals surface area contributed by atoms with Gasteiger partial charge in [0.05, 0.1) is 0 Å². The molecule has 5 N–H and O–H groups in total. The van der Waals surface area contributed by atoms with Gasteiger partial charge in [-0.3, -0.25) is 4.79 Å². The van der Waals surface area contributed by atoms with E-state index in [4.69, 9.17) is 11.5 Å². The standard InChI is InChI=1S/C18H19N3O2/c1-11-3-4-14(10-12(2)17(23)21-18(19)20)16(9-11)13-5-7-15(22)8-6-13/h3-10,22H,1-2H3,(H4,19,20,21,23). The number of hydrogen-bond donors (Lipinski definition) is 3. The molecule has 0 aliphatic heterocycles. The van der Waals surface area contributed by atoms with Gasteiger partial charge in [-0.25, -0.2) is 0 Å². The van der Waals surface area contributed by atoms with E-state index in [1.54, 1.807) is 25.1 Å². The van der Waals surface area contributed by atoms with Crippen LogP contribution >= 0.6 is 0 Å². The Morgan fingerprint density at radius 3 is 2.39 bits per heavy atom. The van der Waals surface area contributed by atoms with E-state index in [0.29, 0.717) is 5.57 Å². The second kappa shape index (κ2) is 6.79. The van der Waals surface area contributed by atoms with Gasteiger partial charge in [0.2, 0.25) is 0 Å². The summed E-state index contributed by atoms with van der Waals surface area (Å²) in [4.78, 5) is 15.4. The maximum Gasteiger partial charge on any atom is 0.275 e. The van der Waals surface area contributed by atoms with Crippen molar-refractivity contribution in [3.8, 4) is 16.9 Å². The van der Waals surface area contributed by atoms with Crippen molar-refractivity contribution < 1.29 is 9.90 Å². The molecule has 0 atom stereocenters. The van der Waals surface area contributed by atoms with Crippen molar-refractivity contribution in [3.63, 3.8) is 0 Å². The Labute approximate surface area is 135 Å². The highest BCUT2D eigenvalue weighted by Gasteiger charge is 2.08. The van der Waals surface area contributed by atoms with Crippen LogP contribution in [0.3, 0.4) is 0 Å². The van der Waals surface area contributed by atoms with Crippen molar-refractivity contribution >= 4 is 17.9 Å². The maximum atomic E-state index is 11.9. The number of hydrogen-bond acceptors (Lipinski definition) is 2. The number of carbonyl (C=O) groups excluding carboxylic acids is 1. The van der Waals surface area contributed by atoms with E-state index in [0.717, 1.165) is 22.3 Å². The number of carbonyl (C=O) groups is 1. The highest BCUT2D eigenvalue weighted by atomic mass is 16.3. The Kier molecular flexibility index (Phi) is 4.81. The van der Waals surface area contributed by atoms with Crippen molar-refractivity contribution in [3.05, 3.63) is 59.2 Å². The highest BCUT2D eigenvalue weighted by molar-refractivity contribution is 6.04. The molecule has 0 aliphatic carbocycles. The van der Waals surface area contributed by atoms with Crippen molar-refractivity contribution in [2.45, 2.75) is 13.8 Å². The Morgan fingerprint density at radius 2 is 1.78 bits per heavy atom. The van der Waals surface area contributed by atoms with Crippen LogP contribution in [0, 0.1) is 6.92 Å². The topological polar surface area (TPSA) is 102 Å². The van der Waals surface area contributed by atoms with Crippen LogP contribution in [-0.2, 0) is 4.79 Å². The molecular formula is C18H19N3O2. The molecule has 118 valence electrons. The molecule has 23 heavy (non-hydrogen) atoms. The van der Waals surface area contributed by atoms with Gasteiger partial charge in [0.25, 0.3) is 5.91 Å². The third-order valence-corrected chi connectivity index (χ3v) is 3.33. The van der Waals surface area contributed by atoms with Gasteiger partial charge in [-0.2, -0.15) is 4.99 Å². The molecule has 0 radical (unpaired) electrons. The van der Waals surface area contributed by atoms with Gasteiger partial charge in [0, 0.05) is 5.57 Å². The minimum absolute atomic E-state index is 0.206. The summed E-state index contributed by atoms with van der Waals surface area (Å²) >= 11 is 0. The monoisotopic (exact) mass is 309 g/mol. The maximum absolute atomic E-state index is 11.9. The van der Waals surface area contributed by atoms with Gasteiger partial charge in [-0.1, -0.05) is 35.9 Å². The number of nitrogens with two attached hydrogens (primary N) is 2. The lowest BCUT2D eigenvalue weighted by atomic mass is 9.96. The Bertz CT molecular complexity index is 786. The predicted octanol–water partition coefficient (Wildman–Crippen LogP) is 2.57. The van der Waals surface area contributed by atoms with Crippen LogP contribution in [0.5, 0.6) is 5.75 Å². The minimum Gasteiger partial charge on any atom is -0.508 e. The van der Waals surface area contributed by atoms with Gasteiger partial charge < -0.3 is 16.6 Å². The fraction of sp³-hybridized carbons (Fsp3) is 0.111. The first-order valence-electron chi connectivity index (χ1n) is 7.09. The first-order valence-corrected chi connectivity index (χ1v) is 7.09. The predicted molar refractivity (Wildman–Crippen MR) is 92.7 cm³/mol. The van der Waals surface area contributed by atoms with E-state index in [1.165, 1.54) is 0 Å². The lowest BCUT2D eigenvalue weighted by Crippen LogP contribution is -2.24. The van der Waals surface area contributed by atoms with E-state index in [9.17, 15) is 9.90 Å². The molecule has 0 saturated carbocycles. The third kappa shape index (κ3) is 4.20. The van der Waals surface area contributed by atoms with Crippen molar-refractivity contribution in [2.24, 2.45) is 16.5 Å². The average Bonchev–Trinajstić information content (AvgIpc) is 2.49. The second-order valence-corrected chi connectivity index (χ2v) is 5.31. The van der Waals surface area contributed by atoms with Crippen LogP contribution in [-0.4, -0.2) is 17.0 Å². The zero-order chi connectivity index (χ0) is 17.0. The number of amides is 1.